The van der Waals surface area contributed by atoms with Gasteiger partial charge >= 0.3 is 0 Å². The van der Waals surface area contributed by atoms with Crippen molar-refractivity contribution in [2.24, 2.45) is 11.7 Å². The molecule has 0 aliphatic carbocycles. The summed E-state index contributed by atoms with van der Waals surface area (Å²) in [6.45, 7) is 11.0. The Morgan fingerprint density at radius 2 is 2.00 bits per heavy atom. The maximum absolute atomic E-state index is 5.62. The fourth-order valence-electron chi connectivity index (χ4n) is 2.96. The van der Waals surface area contributed by atoms with Crippen LogP contribution in [0.4, 0.5) is 0 Å². The largest absolute Gasteiger partial charge is 0.383 e. The van der Waals surface area contributed by atoms with Crippen molar-refractivity contribution in [3.8, 4) is 0 Å². The number of nitrogens with zero attached hydrogens (tertiary/aromatic N) is 1. The van der Waals surface area contributed by atoms with Gasteiger partial charge in [0.1, 0.15) is 0 Å². The maximum Gasteiger partial charge on any atom is 0.0615 e. The average molecular weight is 301 g/mol. The Morgan fingerprint density at radius 1 is 1.29 bits per heavy atom. The van der Waals surface area contributed by atoms with Crippen LogP contribution in [0, 0.1) is 5.92 Å². The minimum atomic E-state index is 0.411. The van der Waals surface area contributed by atoms with Crippen LogP contribution in [0.2, 0.25) is 0 Å². The van der Waals surface area contributed by atoms with Crippen LogP contribution in [0.15, 0.2) is 0 Å². The molecule has 1 heterocycles. The predicted molar refractivity (Wildman–Crippen MR) is 87.6 cm³/mol. The Balaban J connectivity index is 2.45. The van der Waals surface area contributed by atoms with Crippen molar-refractivity contribution >= 4 is 0 Å². The second-order valence-electron chi connectivity index (χ2n) is 6.42. The molecule has 1 fully saturated rings. The van der Waals surface area contributed by atoms with Crippen molar-refractivity contribution in [3.63, 3.8) is 0 Å². The Labute approximate surface area is 130 Å². The van der Waals surface area contributed by atoms with Crippen molar-refractivity contribution < 1.29 is 9.47 Å². The first-order valence-corrected chi connectivity index (χ1v) is 8.41. The average Bonchev–Trinajstić information content (AvgIpc) is 2.49. The molecule has 2 atom stereocenters. The van der Waals surface area contributed by atoms with E-state index >= 15 is 0 Å². The van der Waals surface area contributed by atoms with Crippen LogP contribution in [-0.2, 0) is 9.47 Å². The molecule has 2 unspecified atom stereocenters. The zero-order chi connectivity index (χ0) is 15.5. The topological polar surface area (TPSA) is 59.8 Å². The highest BCUT2D eigenvalue weighted by atomic mass is 16.5. The Kier molecular flexibility index (Phi) is 10.2. The van der Waals surface area contributed by atoms with E-state index in [0.29, 0.717) is 18.0 Å². The molecule has 1 saturated heterocycles. The van der Waals surface area contributed by atoms with Gasteiger partial charge in [0.25, 0.3) is 0 Å². The van der Waals surface area contributed by atoms with E-state index in [1.807, 2.05) is 0 Å². The van der Waals surface area contributed by atoms with Gasteiger partial charge in [-0.05, 0) is 31.7 Å². The van der Waals surface area contributed by atoms with Gasteiger partial charge in [-0.25, -0.2) is 0 Å². The summed E-state index contributed by atoms with van der Waals surface area (Å²) in [7, 11) is 1.77. The van der Waals surface area contributed by atoms with Gasteiger partial charge in [0, 0.05) is 38.8 Å². The lowest BCUT2D eigenvalue weighted by molar-refractivity contribution is 0.0110. The summed E-state index contributed by atoms with van der Waals surface area (Å²) >= 11 is 0. The van der Waals surface area contributed by atoms with Gasteiger partial charge in [0.2, 0.25) is 0 Å². The lowest BCUT2D eigenvalue weighted by atomic mass is 10.0. The van der Waals surface area contributed by atoms with Crippen molar-refractivity contribution in [1.29, 1.82) is 0 Å². The monoisotopic (exact) mass is 301 g/mol. The third kappa shape index (κ3) is 8.12. The van der Waals surface area contributed by atoms with E-state index in [1.54, 1.807) is 7.11 Å². The highest BCUT2D eigenvalue weighted by Gasteiger charge is 2.22. The number of nitrogens with one attached hydrogen (secondary N) is 1. The summed E-state index contributed by atoms with van der Waals surface area (Å²) in [4.78, 5) is 2.57. The summed E-state index contributed by atoms with van der Waals surface area (Å²) in [5, 5.41) is 3.70. The van der Waals surface area contributed by atoms with E-state index in [1.165, 1.54) is 6.42 Å². The van der Waals surface area contributed by atoms with E-state index < -0.39 is 0 Å². The molecule has 0 aromatic carbocycles. The standard InChI is InChI=1S/C16H35N3O2/c1-14(2)11-16(19-7-9-21-10-8-19)12-18-15(13-20-3)5-4-6-17/h14-16,18H,4-13,17H2,1-3H3. The Morgan fingerprint density at radius 3 is 2.57 bits per heavy atom. The van der Waals surface area contributed by atoms with Gasteiger partial charge in [0.05, 0.1) is 19.8 Å². The molecule has 0 bridgehead atoms. The molecule has 1 rings (SSSR count). The summed E-state index contributed by atoms with van der Waals surface area (Å²) in [6, 6.07) is 1.00. The van der Waals surface area contributed by atoms with E-state index in [-0.39, 0.29) is 0 Å². The Bertz CT molecular complexity index is 246. The van der Waals surface area contributed by atoms with E-state index in [2.05, 4.69) is 24.1 Å². The van der Waals surface area contributed by atoms with Gasteiger partial charge in [0.15, 0.2) is 0 Å². The first-order chi connectivity index (χ1) is 10.2. The zero-order valence-corrected chi connectivity index (χ0v) is 14.1. The van der Waals surface area contributed by atoms with Crippen LogP contribution in [0.3, 0.4) is 0 Å². The second kappa shape index (κ2) is 11.4. The highest BCUT2D eigenvalue weighted by Crippen LogP contribution is 2.13. The zero-order valence-electron chi connectivity index (χ0n) is 14.1. The molecule has 1 aliphatic heterocycles. The first-order valence-electron chi connectivity index (χ1n) is 8.41. The van der Waals surface area contributed by atoms with E-state index in [9.17, 15) is 0 Å². The summed E-state index contributed by atoms with van der Waals surface area (Å²) in [6.07, 6.45) is 3.36. The van der Waals surface area contributed by atoms with Crippen LogP contribution in [-0.4, -0.2) is 70.1 Å². The summed E-state index contributed by atoms with van der Waals surface area (Å²) in [5.74, 6) is 0.713. The quantitative estimate of drug-likeness (QED) is 0.598. The van der Waals surface area contributed by atoms with Gasteiger partial charge < -0.3 is 20.5 Å². The number of morpholine rings is 1. The molecule has 126 valence electrons. The number of hydrogen-bond donors (Lipinski definition) is 2. The normalized spacial score (nSPS) is 19.9. The molecule has 0 spiro atoms. The predicted octanol–water partition coefficient (Wildman–Crippen LogP) is 1.08. The van der Waals surface area contributed by atoms with Gasteiger partial charge in [-0.1, -0.05) is 13.8 Å². The molecule has 3 N–H and O–H groups in total. The van der Waals surface area contributed by atoms with Gasteiger partial charge in [-0.15, -0.1) is 0 Å². The van der Waals surface area contributed by atoms with Crippen molar-refractivity contribution in [3.05, 3.63) is 0 Å². The minimum Gasteiger partial charge on any atom is -0.383 e. The van der Waals surface area contributed by atoms with Crippen LogP contribution in [0.5, 0.6) is 0 Å². The molecule has 0 aromatic heterocycles. The highest BCUT2D eigenvalue weighted by molar-refractivity contribution is 4.79. The third-order valence-electron chi connectivity index (χ3n) is 4.07. The van der Waals surface area contributed by atoms with Crippen LogP contribution in [0.25, 0.3) is 0 Å². The van der Waals surface area contributed by atoms with Crippen molar-refractivity contribution in [2.45, 2.75) is 45.2 Å². The second-order valence-corrected chi connectivity index (χ2v) is 6.42. The fraction of sp³-hybridized carbons (Fsp3) is 1.00. The molecule has 5 nitrogen and oxygen atoms in total. The van der Waals surface area contributed by atoms with Gasteiger partial charge in [-0.2, -0.15) is 0 Å². The van der Waals surface area contributed by atoms with Crippen molar-refractivity contribution in [1.82, 2.24) is 10.2 Å². The minimum absolute atomic E-state index is 0.411. The summed E-state index contributed by atoms with van der Waals surface area (Å²) < 4.78 is 10.8. The number of rotatable bonds is 11. The summed E-state index contributed by atoms with van der Waals surface area (Å²) in [5.41, 5.74) is 5.62. The molecule has 0 amide bonds. The lowest BCUT2D eigenvalue weighted by Gasteiger charge is -2.36. The molecule has 0 saturated carbocycles. The first kappa shape index (κ1) is 18.8. The van der Waals surface area contributed by atoms with Gasteiger partial charge in [-0.3, -0.25) is 4.90 Å². The van der Waals surface area contributed by atoms with Crippen LogP contribution in [0.1, 0.15) is 33.1 Å². The smallest absolute Gasteiger partial charge is 0.0615 e. The number of methoxy groups -OCH3 is 1. The molecule has 0 radical (unpaired) electrons. The maximum atomic E-state index is 5.62. The molecule has 5 heteroatoms. The third-order valence-corrected chi connectivity index (χ3v) is 4.07. The van der Waals surface area contributed by atoms with Crippen molar-refractivity contribution in [2.75, 3.05) is 53.1 Å². The molecule has 1 aliphatic rings. The fourth-order valence-corrected chi connectivity index (χ4v) is 2.96. The van der Waals surface area contributed by atoms with E-state index in [0.717, 1.165) is 58.8 Å². The number of nitrogens with two attached hydrogens (primary N) is 1. The number of hydrogen-bond acceptors (Lipinski definition) is 5. The van der Waals surface area contributed by atoms with Crippen LogP contribution >= 0.6 is 0 Å². The molecule has 0 aromatic rings. The lowest BCUT2D eigenvalue weighted by Crippen LogP contribution is -2.50. The van der Waals surface area contributed by atoms with Crippen LogP contribution < -0.4 is 11.1 Å². The molecular formula is C16H35N3O2. The Hall–Kier alpha value is -0.200. The molecular weight excluding hydrogens is 266 g/mol. The number of ether oxygens (including phenoxy) is 2. The SMILES string of the molecule is COCC(CCCN)NCC(CC(C)C)N1CCOCC1. The van der Waals surface area contributed by atoms with E-state index in [4.69, 9.17) is 15.2 Å². The molecule has 21 heavy (non-hydrogen) atoms.